The molecule has 1 aromatic heterocycles. The van der Waals surface area contributed by atoms with Crippen LogP contribution in [0.25, 0.3) is 10.2 Å². The summed E-state index contributed by atoms with van der Waals surface area (Å²) in [4.78, 5) is 48.9. The highest BCUT2D eigenvalue weighted by atomic mass is 35.5. The number of hydrogen-bond donors (Lipinski definition) is 4. The second kappa shape index (κ2) is 19.2. The number of nitrogens with zero attached hydrogens (tertiary/aromatic N) is 1. The maximum atomic E-state index is 13.3. The van der Waals surface area contributed by atoms with Crippen LogP contribution in [0.1, 0.15) is 56.1 Å². The number of rotatable bonds is 14. The lowest BCUT2D eigenvalue weighted by Gasteiger charge is -2.32. The zero-order chi connectivity index (χ0) is 36.9. The summed E-state index contributed by atoms with van der Waals surface area (Å²) < 4.78 is 67.8. The van der Waals surface area contributed by atoms with Crippen LogP contribution >= 0.6 is 22.9 Å². The molecule has 17 heteroatoms. The minimum Gasteiger partial charge on any atom is -0.506 e. The minimum absolute atomic E-state index is 0.103. The first-order valence-electron chi connectivity index (χ1n) is 16.1. The predicted molar refractivity (Wildman–Crippen MR) is 179 cm³/mol. The summed E-state index contributed by atoms with van der Waals surface area (Å²) in [7, 11) is 0. The lowest BCUT2D eigenvalue weighted by molar-refractivity contribution is -0.193. The number of nitrogens with one attached hydrogen (secondary N) is 3. The fourth-order valence-corrected chi connectivity index (χ4v) is 6.65. The van der Waals surface area contributed by atoms with Gasteiger partial charge in [-0.25, -0.2) is 0 Å². The number of benzene rings is 2. The highest BCUT2D eigenvalue weighted by molar-refractivity contribution is 7.16. The van der Waals surface area contributed by atoms with E-state index >= 15 is 0 Å². The molecule has 0 radical (unpaired) electrons. The molecular formula is C33H39ClF6N4O5S. The maximum Gasteiger partial charge on any atom is 0.458 e. The average molecular weight is 753 g/mol. The van der Waals surface area contributed by atoms with Crippen LogP contribution in [0.2, 0.25) is 5.02 Å². The van der Waals surface area contributed by atoms with Crippen molar-refractivity contribution >= 4 is 50.6 Å². The summed E-state index contributed by atoms with van der Waals surface area (Å²) in [6.45, 7) is 3.67. The van der Waals surface area contributed by atoms with Gasteiger partial charge in [-0.3, -0.25) is 19.2 Å². The van der Waals surface area contributed by atoms with Crippen molar-refractivity contribution in [1.29, 1.82) is 0 Å². The summed E-state index contributed by atoms with van der Waals surface area (Å²) in [5.74, 6) is -6.48. The van der Waals surface area contributed by atoms with Crippen molar-refractivity contribution in [3.05, 3.63) is 62.2 Å². The number of aromatic nitrogens is 1. The van der Waals surface area contributed by atoms with E-state index in [4.69, 9.17) is 11.6 Å². The number of H-pyrrole nitrogens is 1. The Labute approximate surface area is 293 Å². The van der Waals surface area contributed by atoms with E-state index in [1.54, 1.807) is 6.07 Å². The van der Waals surface area contributed by atoms with Gasteiger partial charge in [-0.1, -0.05) is 66.8 Å². The number of ketones is 2. The number of carbonyl (C=O) groups excluding carboxylic acids is 3. The predicted octanol–water partition coefficient (Wildman–Crippen LogP) is 6.10. The lowest BCUT2D eigenvalue weighted by Crippen LogP contribution is -2.45. The van der Waals surface area contributed by atoms with Crippen molar-refractivity contribution in [3.8, 4) is 5.75 Å². The van der Waals surface area contributed by atoms with Crippen molar-refractivity contribution in [2.24, 2.45) is 0 Å². The zero-order valence-corrected chi connectivity index (χ0v) is 28.6. The van der Waals surface area contributed by atoms with E-state index in [0.29, 0.717) is 31.1 Å². The fraction of sp³-hybridized carbons (Fsp3) is 0.515. The second-order valence-electron chi connectivity index (χ2n) is 11.7. The molecule has 4 N–H and O–H groups in total. The van der Waals surface area contributed by atoms with Gasteiger partial charge >= 0.3 is 28.8 Å². The molecule has 0 saturated heterocycles. The first-order valence-corrected chi connectivity index (χ1v) is 17.3. The number of amides is 1. The molecule has 9 nitrogen and oxygen atoms in total. The Balaban J connectivity index is 0.000000482. The van der Waals surface area contributed by atoms with Gasteiger partial charge in [-0.15, -0.1) is 0 Å². The quantitative estimate of drug-likeness (QED) is 0.0678. The van der Waals surface area contributed by atoms with Gasteiger partial charge in [0, 0.05) is 37.1 Å². The molecular weight excluding hydrogens is 714 g/mol. The number of aromatic hydroxyl groups is 1. The summed E-state index contributed by atoms with van der Waals surface area (Å²) >= 11 is 7.20. The molecule has 1 saturated carbocycles. The van der Waals surface area contributed by atoms with E-state index < -0.39 is 23.9 Å². The fourth-order valence-electron chi connectivity index (χ4n) is 5.54. The van der Waals surface area contributed by atoms with Crippen LogP contribution in [-0.2, 0) is 27.2 Å². The molecule has 1 heterocycles. The summed E-state index contributed by atoms with van der Waals surface area (Å²) in [6, 6.07) is 11.7. The van der Waals surface area contributed by atoms with Gasteiger partial charge in [0.2, 0.25) is 5.91 Å². The van der Waals surface area contributed by atoms with Gasteiger partial charge in [-0.05, 0) is 68.1 Å². The zero-order valence-electron chi connectivity index (χ0n) is 27.0. The van der Waals surface area contributed by atoms with Gasteiger partial charge in [0.25, 0.3) is 0 Å². The molecule has 1 aliphatic carbocycles. The molecule has 1 aliphatic rings. The van der Waals surface area contributed by atoms with Gasteiger partial charge in [0.1, 0.15) is 11.3 Å². The number of phenolic OH excluding ortho intramolecular Hbond substituents is 1. The van der Waals surface area contributed by atoms with Crippen LogP contribution in [0.5, 0.6) is 5.75 Å². The Kier molecular flexibility index (Phi) is 15.7. The van der Waals surface area contributed by atoms with Crippen molar-refractivity contribution in [2.45, 2.75) is 76.2 Å². The van der Waals surface area contributed by atoms with Crippen molar-refractivity contribution in [2.75, 3.05) is 32.7 Å². The van der Waals surface area contributed by atoms with E-state index in [0.717, 1.165) is 71.9 Å². The van der Waals surface area contributed by atoms with Crippen LogP contribution in [0.15, 0.2) is 41.2 Å². The number of aromatic amines is 1. The maximum absolute atomic E-state index is 13.3. The molecule has 1 fully saturated rings. The summed E-state index contributed by atoms with van der Waals surface area (Å²) in [6.07, 6.45) is -2.33. The van der Waals surface area contributed by atoms with Crippen molar-refractivity contribution < 1.29 is 45.8 Å². The average Bonchev–Trinajstić information content (AvgIpc) is 3.26. The molecule has 0 bridgehead atoms. The first-order chi connectivity index (χ1) is 23.6. The Bertz CT molecular complexity index is 1610. The van der Waals surface area contributed by atoms with Crippen LogP contribution in [-0.4, -0.2) is 83.6 Å². The van der Waals surface area contributed by atoms with E-state index in [2.05, 4.69) is 26.6 Å². The second-order valence-corrected chi connectivity index (χ2v) is 13.1. The van der Waals surface area contributed by atoms with E-state index in [1.165, 1.54) is 31.2 Å². The number of Topliss-reactive ketones (excluding diaryl/α,β-unsaturated/α-hetero) is 2. The Morgan fingerprint density at radius 2 is 1.50 bits per heavy atom. The number of phenols is 1. The van der Waals surface area contributed by atoms with Gasteiger partial charge in [0.15, 0.2) is 0 Å². The first kappa shape index (κ1) is 41.0. The lowest BCUT2D eigenvalue weighted by atomic mass is 10.1. The largest absolute Gasteiger partial charge is 0.506 e. The third-order valence-electron chi connectivity index (χ3n) is 8.04. The smallest absolute Gasteiger partial charge is 0.458 e. The normalized spacial score (nSPS) is 14.1. The topological polar surface area (TPSA) is 132 Å². The van der Waals surface area contributed by atoms with Crippen molar-refractivity contribution in [3.63, 3.8) is 0 Å². The van der Waals surface area contributed by atoms with Gasteiger partial charge < -0.3 is 25.6 Å². The molecule has 4 rings (SSSR count). The highest BCUT2D eigenvalue weighted by Gasteiger charge is 2.54. The number of thiazole rings is 1. The van der Waals surface area contributed by atoms with Crippen LogP contribution in [0.3, 0.4) is 0 Å². The summed E-state index contributed by atoms with van der Waals surface area (Å²) in [5, 5.41) is 17.7. The molecule has 2 aromatic carbocycles. The molecule has 0 spiro atoms. The SMILES string of the molecule is O=C(C(=O)C(F)(F)F)C(F)(F)F.O=C(CCNCCc1cccc(Cl)c1)N(CCNCCc1ccc(O)c2[nH]c(=O)sc12)C1CCCCCC1. The van der Waals surface area contributed by atoms with E-state index in [9.17, 15) is 50.6 Å². The molecule has 0 unspecified atom stereocenters. The van der Waals surface area contributed by atoms with Gasteiger partial charge in [-0.2, -0.15) is 26.3 Å². The molecule has 1 amide bonds. The number of alkyl halides is 6. The summed E-state index contributed by atoms with van der Waals surface area (Å²) in [5.41, 5.74) is 2.75. The molecule has 276 valence electrons. The standard InChI is InChI=1S/C29H39ClN4O3S.C4F6O2/c30-23-7-5-6-21(20-23)12-15-31-17-14-26(36)34(24-8-3-1-2-4-9-24)19-18-32-16-13-22-10-11-25(35)27-28(22)38-29(37)33-27;5-3(6,7)1(11)2(12)4(8,9)10/h5-7,10-11,20,24,31-32,35H,1-4,8-9,12-19H2,(H,33,37);. The Morgan fingerprint density at radius 1 is 0.880 bits per heavy atom. The molecule has 0 aliphatic heterocycles. The number of halogens is 7. The van der Waals surface area contributed by atoms with Crippen LogP contribution in [0, 0.1) is 0 Å². The Morgan fingerprint density at radius 3 is 2.12 bits per heavy atom. The molecule has 3 aromatic rings. The van der Waals surface area contributed by atoms with Crippen LogP contribution < -0.4 is 15.5 Å². The third kappa shape index (κ3) is 13.0. The molecule has 0 atom stereocenters. The van der Waals surface area contributed by atoms with Gasteiger partial charge in [0.05, 0.1) is 4.70 Å². The molecule has 50 heavy (non-hydrogen) atoms. The van der Waals surface area contributed by atoms with Crippen LogP contribution in [0.4, 0.5) is 26.3 Å². The minimum atomic E-state index is -5.77. The van der Waals surface area contributed by atoms with Crippen molar-refractivity contribution in [1.82, 2.24) is 20.5 Å². The van der Waals surface area contributed by atoms with E-state index in [-0.39, 0.29) is 16.5 Å². The highest BCUT2D eigenvalue weighted by Crippen LogP contribution is 2.28. The number of hydrogen-bond acceptors (Lipinski definition) is 8. The monoisotopic (exact) mass is 752 g/mol. The Hall–Kier alpha value is -3.47. The third-order valence-corrected chi connectivity index (χ3v) is 9.23. The number of fused-ring (bicyclic) bond motifs is 1. The number of carbonyl (C=O) groups is 3. The van der Waals surface area contributed by atoms with E-state index in [1.807, 2.05) is 24.3 Å².